The lowest BCUT2D eigenvalue weighted by Crippen LogP contribution is -2.28. The quantitative estimate of drug-likeness (QED) is 0.890. The van der Waals surface area contributed by atoms with Gasteiger partial charge < -0.3 is 10.1 Å². The number of anilines is 1. The lowest BCUT2D eigenvalue weighted by atomic mass is 10.1. The zero-order valence-corrected chi connectivity index (χ0v) is 14.2. The number of ether oxygens (including phenoxy) is 1. The topological polar surface area (TPSA) is 84.5 Å². The Hall–Kier alpha value is -2.38. The van der Waals surface area contributed by atoms with Gasteiger partial charge in [-0.1, -0.05) is 23.8 Å². The molecule has 1 heterocycles. The van der Waals surface area contributed by atoms with Crippen LogP contribution in [0.3, 0.4) is 0 Å². The molecule has 6 nitrogen and oxygen atoms in total. The van der Waals surface area contributed by atoms with Crippen LogP contribution in [0.15, 0.2) is 47.4 Å². The molecule has 1 aliphatic rings. The maximum Gasteiger partial charge on any atom is 0.262 e. The van der Waals surface area contributed by atoms with Gasteiger partial charge in [-0.05, 0) is 43.7 Å². The highest BCUT2D eigenvalue weighted by Gasteiger charge is 2.21. The Morgan fingerprint density at radius 2 is 1.88 bits per heavy atom. The van der Waals surface area contributed by atoms with Crippen molar-refractivity contribution in [3.8, 4) is 5.75 Å². The Morgan fingerprint density at radius 1 is 1.17 bits per heavy atom. The number of nitrogens with one attached hydrogen (secondary N) is 2. The van der Waals surface area contributed by atoms with Crippen molar-refractivity contribution in [1.29, 1.82) is 0 Å². The van der Waals surface area contributed by atoms with E-state index in [2.05, 4.69) is 10.0 Å². The molecular formula is C17H18N2O4S. The van der Waals surface area contributed by atoms with Gasteiger partial charge in [0.15, 0.2) is 6.61 Å². The lowest BCUT2D eigenvalue weighted by molar-refractivity contribution is -0.118. The minimum Gasteiger partial charge on any atom is -0.482 e. The van der Waals surface area contributed by atoms with Crippen LogP contribution in [-0.2, 0) is 14.8 Å². The molecule has 2 aromatic rings. The molecule has 2 N–H and O–H groups in total. The van der Waals surface area contributed by atoms with Gasteiger partial charge in [-0.3, -0.25) is 4.79 Å². The van der Waals surface area contributed by atoms with Crippen LogP contribution >= 0.6 is 0 Å². The van der Waals surface area contributed by atoms with E-state index in [1.54, 1.807) is 49.4 Å². The second kappa shape index (κ2) is 6.26. The second-order valence-electron chi connectivity index (χ2n) is 5.75. The van der Waals surface area contributed by atoms with Crippen molar-refractivity contribution in [2.24, 2.45) is 0 Å². The second-order valence-corrected chi connectivity index (χ2v) is 7.46. The molecule has 0 saturated heterocycles. The molecule has 3 rings (SSSR count). The number of amides is 1. The Balaban J connectivity index is 1.82. The fourth-order valence-corrected chi connectivity index (χ4v) is 3.69. The van der Waals surface area contributed by atoms with Crippen molar-refractivity contribution in [2.75, 3.05) is 11.9 Å². The molecule has 126 valence electrons. The smallest absolute Gasteiger partial charge is 0.262 e. The van der Waals surface area contributed by atoms with Gasteiger partial charge in [0.2, 0.25) is 10.0 Å². The summed E-state index contributed by atoms with van der Waals surface area (Å²) in [6, 6.07) is 11.4. The molecule has 24 heavy (non-hydrogen) atoms. The van der Waals surface area contributed by atoms with Crippen LogP contribution < -0.4 is 14.8 Å². The number of hydrogen-bond acceptors (Lipinski definition) is 4. The maximum atomic E-state index is 12.5. The SMILES string of the molecule is Cc1ccc(S(=O)(=O)N[C@H](C)c2ccc3c(c2)NC(=O)CO3)cc1. The summed E-state index contributed by atoms with van der Waals surface area (Å²) in [5.41, 5.74) is 2.27. The van der Waals surface area contributed by atoms with Crippen LogP contribution in [0.5, 0.6) is 5.75 Å². The van der Waals surface area contributed by atoms with Crippen LogP contribution in [0.1, 0.15) is 24.1 Å². The van der Waals surface area contributed by atoms with Crippen LogP contribution in [0.4, 0.5) is 5.69 Å². The highest BCUT2D eigenvalue weighted by molar-refractivity contribution is 7.89. The van der Waals surface area contributed by atoms with E-state index in [1.807, 2.05) is 6.92 Å². The maximum absolute atomic E-state index is 12.5. The molecule has 0 fully saturated rings. The molecule has 0 spiro atoms. The van der Waals surface area contributed by atoms with Gasteiger partial charge >= 0.3 is 0 Å². The van der Waals surface area contributed by atoms with E-state index < -0.39 is 16.1 Å². The van der Waals surface area contributed by atoms with Gasteiger partial charge in [-0.15, -0.1) is 0 Å². The van der Waals surface area contributed by atoms with Gasteiger partial charge in [-0.25, -0.2) is 13.1 Å². The average molecular weight is 346 g/mol. The van der Waals surface area contributed by atoms with Crippen molar-refractivity contribution < 1.29 is 17.9 Å². The minimum absolute atomic E-state index is 0.0120. The average Bonchev–Trinajstić information content (AvgIpc) is 2.54. The number of carbonyl (C=O) groups is 1. The predicted molar refractivity (Wildman–Crippen MR) is 90.5 cm³/mol. The molecule has 0 bridgehead atoms. The molecular weight excluding hydrogens is 328 g/mol. The molecule has 7 heteroatoms. The minimum atomic E-state index is -3.63. The summed E-state index contributed by atoms with van der Waals surface area (Å²) in [4.78, 5) is 11.6. The normalized spacial score (nSPS) is 15.2. The van der Waals surface area contributed by atoms with Crippen molar-refractivity contribution in [1.82, 2.24) is 4.72 Å². The predicted octanol–water partition coefficient (Wildman–Crippen LogP) is 2.37. The number of benzene rings is 2. The van der Waals surface area contributed by atoms with Crippen molar-refractivity contribution in [3.05, 3.63) is 53.6 Å². The van der Waals surface area contributed by atoms with E-state index in [-0.39, 0.29) is 17.4 Å². The van der Waals surface area contributed by atoms with Crippen LogP contribution in [0.2, 0.25) is 0 Å². The molecule has 1 amide bonds. The lowest BCUT2D eigenvalue weighted by Gasteiger charge is -2.21. The number of sulfonamides is 1. The van der Waals surface area contributed by atoms with Crippen LogP contribution in [-0.4, -0.2) is 20.9 Å². The Morgan fingerprint density at radius 3 is 2.58 bits per heavy atom. The summed E-state index contributed by atoms with van der Waals surface area (Å²) >= 11 is 0. The van der Waals surface area contributed by atoms with Crippen LogP contribution in [0, 0.1) is 6.92 Å². The standard InChI is InChI=1S/C17H18N2O4S/c1-11-3-6-14(7-4-11)24(21,22)19-12(2)13-5-8-16-15(9-13)18-17(20)10-23-16/h3-9,12,19H,10H2,1-2H3,(H,18,20)/t12-/m1/s1. The first kappa shape index (κ1) is 16.5. The van der Waals surface area contributed by atoms with Gasteiger partial charge in [0.1, 0.15) is 5.75 Å². The first-order valence-corrected chi connectivity index (χ1v) is 8.99. The third kappa shape index (κ3) is 3.42. The third-order valence-electron chi connectivity index (χ3n) is 3.80. The van der Waals surface area contributed by atoms with Gasteiger partial charge in [0.05, 0.1) is 10.6 Å². The summed E-state index contributed by atoms with van der Waals surface area (Å²) < 4.78 is 32.9. The number of fused-ring (bicyclic) bond motifs is 1. The largest absolute Gasteiger partial charge is 0.482 e. The summed E-state index contributed by atoms with van der Waals surface area (Å²) in [6.07, 6.45) is 0. The number of hydrogen-bond donors (Lipinski definition) is 2. The number of carbonyl (C=O) groups excluding carboxylic acids is 1. The zero-order chi connectivity index (χ0) is 17.3. The highest BCUT2D eigenvalue weighted by Crippen LogP contribution is 2.30. The zero-order valence-electron chi connectivity index (χ0n) is 13.4. The Kier molecular flexibility index (Phi) is 4.29. The fourth-order valence-electron chi connectivity index (χ4n) is 2.46. The Bertz CT molecular complexity index is 876. The molecule has 0 unspecified atom stereocenters. The molecule has 1 aliphatic heterocycles. The Labute approximate surface area is 140 Å². The van der Waals surface area contributed by atoms with Gasteiger partial charge in [-0.2, -0.15) is 0 Å². The van der Waals surface area contributed by atoms with Crippen molar-refractivity contribution in [2.45, 2.75) is 24.8 Å². The summed E-state index contributed by atoms with van der Waals surface area (Å²) in [6.45, 7) is 3.64. The van der Waals surface area contributed by atoms with E-state index in [9.17, 15) is 13.2 Å². The monoisotopic (exact) mass is 346 g/mol. The number of aryl methyl sites for hydroxylation is 1. The first-order chi connectivity index (χ1) is 11.3. The first-order valence-electron chi connectivity index (χ1n) is 7.51. The van der Waals surface area contributed by atoms with E-state index in [1.165, 1.54) is 0 Å². The third-order valence-corrected chi connectivity index (χ3v) is 5.36. The van der Waals surface area contributed by atoms with Crippen molar-refractivity contribution in [3.63, 3.8) is 0 Å². The van der Waals surface area contributed by atoms with E-state index in [4.69, 9.17) is 4.74 Å². The van der Waals surface area contributed by atoms with Gasteiger partial charge in [0.25, 0.3) is 5.91 Å². The van der Waals surface area contributed by atoms with Crippen molar-refractivity contribution >= 4 is 21.6 Å². The summed E-state index contributed by atoms with van der Waals surface area (Å²) in [5.74, 6) is 0.347. The van der Waals surface area contributed by atoms with E-state index >= 15 is 0 Å². The molecule has 0 aliphatic carbocycles. The molecule has 0 aromatic heterocycles. The summed E-state index contributed by atoms with van der Waals surface area (Å²) in [5, 5.41) is 2.71. The fraction of sp³-hybridized carbons (Fsp3) is 0.235. The highest BCUT2D eigenvalue weighted by atomic mass is 32.2. The molecule has 2 aromatic carbocycles. The molecule has 1 atom stereocenters. The molecule has 0 radical (unpaired) electrons. The summed E-state index contributed by atoms with van der Waals surface area (Å²) in [7, 11) is -3.63. The van der Waals surface area contributed by atoms with E-state index in [0.29, 0.717) is 11.4 Å². The molecule has 0 saturated carbocycles. The van der Waals surface area contributed by atoms with Crippen LogP contribution in [0.25, 0.3) is 0 Å². The van der Waals surface area contributed by atoms with E-state index in [0.717, 1.165) is 11.1 Å². The number of rotatable bonds is 4. The van der Waals surface area contributed by atoms with Gasteiger partial charge in [0, 0.05) is 6.04 Å².